The molecule has 1 N–H and O–H groups in total. The number of fused-ring (bicyclic) bond motifs is 1. The molecule has 8 nitrogen and oxygen atoms in total. The lowest BCUT2D eigenvalue weighted by Crippen LogP contribution is -2.37. The molecule has 3 heterocycles. The summed E-state index contributed by atoms with van der Waals surface area (Å²) < 4.78 is 13.0. The number of hydrogen-bond donors (Lipinski definition) is 1. The average molecular weight is 424 g/mol. The lowest BCUT2D eigenvalue weighted by Gasteiger charge is -2.28. The minimum atomic E-state index is -0.103. The zero-order valence-corrected chi connectivity index (χ0v) is 18.3. The van der Waals surface area contributed by atoms with Gasteiger partial charge in [-0.2, -0.15) is 0 Å². The number of hydrogen-bond acceptors (Lipinski definition) is 7. The van der Waals surface area contributed by atoms with E-state index in [2.05, 4.69) is 15.1 Å². The van der Waals surface area contributed by atoms with E-state index >= 15 is 0 Å². The fourth-order valence-electron chi connectivity index (χ4n) is 3.55. The number of likely N-dealkylation sites (N-methyl/N-ethyl adjacent to an activating group) is 1. The van der Waals surface area contributed by atoms with Gasteiger partial charge in [-0.05, 0) is 44.8 Å². The Balaban J connectivity index is 1.70. The molecule has 0 amide bonds. The van der Waals surface area contributed by atoms with Crippen molar-refractivity contribution in [2.45, 2.75) is 6.92 Å². The van der Waals surface area contributed by atoms with E-state index in [1.165, 1.54) is 0 Å². The summed E-state index contributed by atoms with van der Waals surface area (Å²) in [7, 11) is 4.03. The number of nitrogens with one attached hydrogen (secondary N) is 1. The van der Waals surface area contributed by atoms with Crippen LogP contribution in [0.4, 0.5) is 17.2 Å². The molecule has 1 fully saturated rings. The van der Waals surface area contributed by atoms with Crippen molar-refractivity contribution in [3.63, 3.8) is 0 Å². The second-order valence-electron chi connectivity index (χ2n) is 7.95. The van der Waals surface area contributed by atoms with E-state index in [9.17, 15) is 4.79 Å². The van der Waals surface area contributed by atoms with E-state index in [0.29, 0.717) is 31.3 Å². The van der Waals surface area contributed by atoms with Gasteiger partial charge in [0.25, 0.3) is 5.56 Å². The smallest absolute Gasteiger partial charge is 0.260 e. The first-order chi connectivity index (χ1) is 15.0. The molecule has 0 radical (unpaired) electrons. The van der Waals surface area contributed by atoms with E-state index < -0.39 is 0 Å². The van der Waals surface area contributed by atoms with Crippen LogP contribution in [0.3, 0.4) is 0 Å². The normalized spacial score (nSPS) is 14.3. The van der Waals surface area contributed by atoms with E-state index in [1.54, 1.807) is 10.5 Å². The molecule has 0 saturated carbocycles. The number of nitrogens with zero attached hydrogens (tertiary/aromatic N) is 4. The minimum absolute atomic E-state index is 0.103. The summed E-state index contributed by atoms with van der Waals surface area (Å²) >= 11 is 0. The lowest BCUT2D eigenvalue weighted by molar-refractivity contribution is 0.122. The Morgan fingerprint density at radius 2 is 1.94 bits per heavy atom. The van der Waals surface area contributed by atoms with E-state index in [4.69, 9.17) is 14.5 Å². The molecule has 164 valence electrons. The van der Waals surface area contributed by atoms with Crippen LogP contribution in [0.15, 0.2) is 47.4 Å². The average Bonchev–Trinajstić information content (AvgIpc) is 2.76. The van der Waals surface area contributed by atoms with E-state index in [-0.39, 0.29) is 5.56 Å². The standard InChI is InChI=1S/C23H29N5O3/c1-17-14-19(24-18-6-4-5-7-20(18)31-13-8-26(2)3)23-25-21(15-22(29)28(23)16-17)27-9-11-30-12-10-27/h4-7,14-16,24H,8-13H2,1-3H3. The maximum absolute atomic E-state index is 12.9. The van der Waals surface area contributed by atoms with E-state index in [1.807, 2.05) is 57.5 Å². The van der Waals surface area contributed by atoms with Gasteiger partial charge in [0, 0.05) is 31.9 Å². The summed E-state index contributed by atoms with van der Waals surface area (Å²) in [6, 6.07) is 11.4. The third-order valence-electron chi connectivity index (χ3n) is 5.17. The molecule has 0 unspecified atom stereocenters. The number of morpholine rings is 1. The summed E-state index contributed by atoms with van der Waals surface area (Å²) in [4.78, 5) is 21.9. The van der Waals surface area contributed by atoms with Crippen molar-refractivity contribution in [1.29, 1.82) is 0 Å². The largest absolute Gasteiger partial charge is 0.490 e. The molecular weight excluding hydrogens is 394 g/mol. The zero-order chi connectivity index (χ0) is 21.8. The van der Waals surface area contributed by atoms with Crippen LogP contribution in [-0.4, -0.2) is 67.8 Å². The van der Waals surface area contributed by atoms with Crippen molar-refractivity contribution in [3.05, 3.63) is 58.5 Å². The second kappa shape index (κ2) is 9.36. The second-order valence-corrected chi connectivity index (χ2v) is 7.95. The van der Waals surface area contributed by atoms with Gasteiger partial charge < -0.3 is 24.6 Å². The molecule has 8 heteroatoms. The Morgan fingerprint density at radius 1 is 1.16 bits per heavy atom. The van der Waals surface area contributed by atoms with Crippen LogP contribution in [0.2, 0.25) is 0 Å². The molecule has 1 aliphatic heterocycles. The fourth-order valence-corrected chi connectivity index (χ4v) is 3.55. The number of aromatic nitrogens is 2. The summed E-state index contributed by atoms with van der Waals surface area (Å²) in [5.74, 6) is 1.44. The molecule has 31 heavy (non-hydrogen) atoms. The van der Waals surface area contributed by atoms with Crippen LogP contribution in [0.5, 0.6) is 5.75 Å². The van der Waals surface area contributed by atoms with Gasteiger partial charge >= 0.3 is 0 Å². The first kappa shape index (κ1) is 21.1. The Bertz CT molecular complexity index is 1110. The summed E-state index contributed by atoms with van der Waals surface area (Å²) in [5, 5.41) is 3.45. The van der Waals surface area contributed by atoms with Crippen molar-refractivity contribution >= 4 is 22.8 Å². The molecule has 1 aliphatic rings. The number of para-hydroxylation sites is 2. The molecule has 0 aliphatic carbocycles. The fraction of sp³-hybridized carbons (Fsp3) is 0.391. The molecule has 1 aromatic carbocycles. The van der Waals surface area contributed by atoms with Gasteiger partial charge in [0.15, 0.2) is 5.65 Å². The highest BCUT2D eigenvalue weighted by Crippen LogP contribution is 2.30. The highest BCUT2D eigenvalue weighted by Gasteiger charge is 2.16. The van der Waals surface area contributed by atoms with Crippen molar-refractivity contribution in [1.82, 2.24) is 14.3 Å². The first-order valence-electron chi connectivity index (χ1n) is 10.5. The van der Waals surface area contributed by atoms with E-state index in [0.717, 1.165) is 42.3 Å². The zero-order valence-electron chi connectivity index (χ0n) is 18.3. The SMILES string of the molecule is Cc1cc(Nc2ccccc2OCCN(C)C)c2nc(N3CCOCC3)cc(=O)n2c1. The number of anilines is 3. The van der Waals surface area contributed by atoms with Gasteiger partial charge in [-0.25, -0.2) is 4.98 Å². The number of pyridine rings is 1. The van der Waals surface area contributed by atoms with Crippen LogP contribution in [-0.2, 0) is 4.74 Å². The summed E-state index contributed by atoms with van der Waals surface area (Å²) in [6.45, 7) is 6.09. The Kier molecular flexibility index (Phi) is 6.39. The third kappa shape index (κ3) is 4.98. The number of benzene rings is 1. The van der Waals surface area contributed by atoms with Crippen LogP contribution >= 0.6 is 0 Å². The summed E-state index contributed by atoms with van der Waals surface area (Å²) in [6.07, 6.45) is 1.82. The Morgan fingerprint density at radius 3 is 2.71 bits per heavy atom. The maximum Gasteiger partial charge on any atom is 0.260 e. The molecule has 2 aromatic heterocycles. The van der Waals surface area contributed by atoms with Gasteiger partial charge in [0.05, 0.1) is 24.6 Å². The van der Waals surface area contributed by atoms with Gasteiger partial charge in [-0.1, -0.05) is 12.1 Å². The highest BCUT2D eigenvalue weighted by molar-refractivity contribution is 5.77. The minimum Gasteiger partial charge on any atom is -0.490 e. The number of rotatable bonds is 7. The van der Waals surface area contributed by atoms with Crippen LogP contribution in [0.25, 0.3) is 5.65 Å². The molecule has 3 aromatic rings. The summed E-state index contributed by atoms with van der Waals surface area (Å²) in [5.41, 5.74) is 3.04. The van der Waals surface area contributed by atoms with Gasteiger partial charge in [-0.3, -0.25) is 9.20 Å². The van der Waals surface area contributed by atoms with Gasteiger partial charge in [0.2, 0.25) is 0 Å². The molecule has 4 rings (SSSR count). The Hall–Kier alpha value is -3.10. The van der Waals surface area contributed by atoms with Crippen molar-refractivity contribution in [2.24, 2.45) is 0 Å². The molecular formula is C23H29N5O3. The topological polar surface area (TPSA) is 71.3 Å². The van der Waals surface area contributed by atoms with Crippen LogP contribution in [0, 0.1) is 6.92 Å². The van der Waals surface area contributed by atoms with Gasteiger partial charge in [-0.15, -0.1) is 0 Å². The van der Waals surface area contributed by atoms with Crippen LogP contribution < -0.4 is 20.5 Å². The molecule has 0 spiro atoms. The molecule has 0 atom stereocenters. The monoisotopic (exact) mass is 423 g/mol. The maximum atomic E-state index is 12.9. The number of ether oxygens (including phenoxy) is 2. The van der Waals surface area contributed by atoms with Crippen molar-refractivity contribution in [3.8, 4) is 5.75 Å². The predicted octanol–water partition coefficient (Wildman–Crippen LogP) is 2.52. The predicted molar refractivity (Wildman–Crippen MR) is 123 cm³/mol. The molecule has 1 saturated heterocycles. The first-order valence-corrected chi connectivity index (χ1v) is 10.5. The quantitative estimate of drug-likeness (QED) is 0.626. The third-order valence-corrected chi connectivity index (χ3v) is 5.17. The van der Waals surface area contributed by atoms with Crippen molar-refractivity contribution < 1.29 is 9.47 Å². The van der Waals surface area contributed by atoms with Crippen LogP contribution in [0.1, 0.15) is 5.56 Å². The van der Waals surface area contributed by atoms with Crippen molar-refractivity contribution in [2.75, 3.05) is 63.8 Å². The highest BCUT2D eigenvalue weighted by atomic mass is 16.5. The Labute approximate surface area is 182 Å². The lowest BCUT2D eigenvalue weighted by atomic mass is 10.2. The number of aryl methyl sites for hydroxylation is 1. The molecule has 0 bridgehead atoms. The van der Waals surface area contributed by atoms with Gasteiger partial charge in [0.1, 0.15) is 18.2 Å².